The van der Waals surface area contributed by atoms with Gasteiger partial charge in [-0.3, -0.25) is 9.78 Å². The average Bonchev–Trinajstić information content (AvgIpc) is 3.33. The van der Waals surface area contributed by atoms with Crippen LogP contribution in [0.25, 0.3) is 10.9 Å². The minimum Gasteiger partial charge on any atom is -0.409 e. The van der Waals surface area contributed by atoms with Crippen molar-refractivity contribution in [2.45, 2.75) is 19.4 Å². The second-order valence-electron chi connectivity index (χ2n) is 5.24. The highest BCUT2D eigenvalue weighted by Crippen LogP contribution is 2.46. The fourth-order valence-corrected chi connectivity index (χ4v) is 2.47. The van der Waals surface area contributed by atoms with E-state index in [9.17, 15) is 4.79 Å². The van der Waals surface area contributed by atoms with E-state index in [-0.39, 0.29) is 11.7 Å². The predicted octanol–water partition coefficient (Wildman–Crippen LogP) is 1.38. The summed E-state index contributed by atoms with van der Waals surface area (Å²) in [7, 11) is 0. The van der Waals surface area contributed by atoms with Crippen LogP contribution < -0.4 is 11.1 Å². The highest BCUT2D eigenvalue weighted by atomic mass is 16.4. The van der Waals surface area contributed by atoms with E-state index in [1.165, 1.54) is 0 Å². The van der Waals surface area contributed by atoms with Gasteiger partial charge in [0.15, 0.2) is 5.84 Å². The standard InChI is InChI=1S/C15H16N4O2/c16-13(19-21)15(6-7-15)14(20)18-9-11-4-1-3-10-5-2-8-17-12(10)11/h1-5,8,21H,6-7,9H2,(H2,16,19)(H,18,20). The van der Waals surface area contributed by atoms with Crippen molar-refractivity contribution < 1.29 is 10.0 Å². The van der Waals surface area contributed by atoms with Gasteiger partial charge >= 0.3 is 0 Å². The van der Waals surface area contributed by atoms with Gasteiger partial charge in [-0.15, -0.1) is 0 Å². The number of amides is 1. The van der Waals surface area contributed by atoms with Crippen molar-refractivity contribution in [3.63, 3.8) is 0 Å². The van der Waals surface area contributed by atoms with Crippen molar-refractivity contribution in [3.8, 4) is 0 Å². The zero-order chi connectivity index (χ0) is 14.9. The zero-order valence-corrected chi connectivity index (χ0v) is 11.4. The Kier molecular flexibility index (Phi) is 3.21. The van der Waals surface area contributed by atoms with Gasteiger partial charge in [0.2, 0.25) is 5.91 Å². The molecule has 21 heavy (non-hydrogen) atoms. The Hall–Kier alpha value is -2.63. The van der Waals surface area contributed by atoms with Crippen LogP contribution in [0.15, 0.2) is 41.7 Å². The van der Waals surface area contributed by atoms with Gasteiger partial charge < -0.3 is 16.3 Å². The first-order valence-electron chi connectivity index (χ1n) is 6.76. The first-order valence-corrected chi connectivity index (χ1v) is 6.76. The number of amidine groups is 1. The zero-order valence-electron chi connectivity index (χ0n) is 11.4. The molecular formula is C15H16N4O2. The Labute approximate surface area is 121 Å². The van der Waals surface area contributed by atoms with E-state index in [4.69, 9.17) is 10.9 Å². The van der Waals surface area contributed by atoms with Gasteiger partial charge in [-0.1, -0.05) is 29.4 Å². The number of nitrogens with two attached hydrogens (primary N) is 1. The van der Waals surface area contributed by atoms with Crippen LogP contribution in [-0.4, -0.2) is 21.9 Å². The Balaban J connectivity index is 1.77. The molecule has 0 spiro atoms. The number of rotatable bonds is 4. The lowest BCUT2D eigenvalue weighted by molar-refractivity contribution is -0.124. The van der Waals surface area contributed by atoms with Crippen molar-refractivity contribution in [1.82, 2.24) is 10.3 Å². The number of pyridine rings is 1. The lowest BCUT2D eigenvalue weighted by Crippen LogP contribution is -2.40. The Morgan fingerprint density at radius 2 is 2.14 bits per heavy atom. The topological polar surface area (TPSA) is 101 Å². The summed E-state index contributed by atoms with van der Waals surface area (Å²) in [4.78, 5) is 16.6. The molecule has 0 aliphatic heterocycles. The van der Waals surface area contributed by atoms with E-state index in [0.29, 0.717) is 19.4 Å². The summed E-state index contributed by atoms with van der Waals surface area (Å²) in [6.45, 7) is 0.369. The largest absolute Gasteiger partial charge is 0.409 e. The summed E-state index contributed by atoms with van der Waals surface area (Å²) < 4.78 is 0. The summed E-state index contributed by atoms with van der Waals surface area (Å²) in [5, 5.41) is 15.6. The minimum atomic E-state index is -0.827. The molecule has 1 aromatic heterocycles. The molecule has 108 valence electrons. The molecule has 0 saturated heterocycles. The van der Waals surface area contributed by atoms with Crippen LogP contribution in [0.5, 0.6) is 0 Å². The van der Waals surface area contributed by atoms with Gasteiger partial charge in [0.25, 0.3) is 0 Å². The molecule has 3 rings (SSSR count). The number of benzene rings is 1. The number of hydrogen-bond donors (Lipinski definition) is 3. The SMILES string of the molecule is N/C(=N/O)C1(C(=O)NCc2cccc3cccnc23)CC1. The summed E-state index contributed by atoms with van der Waals surface area (Å²) >= 11 is 0. The molecule has 1 aliphatic rings. The number of aromatic nitrogens is 1. The van der Waals surface area contributed by atoms with E-state index in [0.717, 1.165) is 16.5 Å². The predicted molar refractivity (Wildman–Crippen MR) is 78.7 cm³/mol. The summed E-state index contributed by atoms with van der Waals surface area (Å²) in [6.07, 6.45) is 2.96. The maximum absolute atomic E-state index is 12.2. The first-order chi connectivity index (χ1) is 10.2. The molecular weight excluding hydrogens is 268 g/mol. The second kappa shape index (κ2) is 5.05. The molecule has 1 heterocycles. The molecule has 4 N–H and O–H groups in total. The Morgan fingerprint density at radius 3 is 2.86 bits per heavy atom. The second-order valence-corrected chi connectivity index (χ2v) is 5.24. The van der Waals surface area contributed by atoms with Crippen molar-refractivity contribution >= 4 is 22.6 Å². The number of fused-ring (bicyclic) bond motifs is 1. The van der Waals surface area contributed by atoms with Crippen LogP contribution in [-0.2, 0) is 11.3 Å². The Morgan fingerprint density at radius 1 is 1.38 bits per heavy atom. The first kappa shape index (κ1) is 13.4. The molecule has 2 aromatic rings. The minimum absolute atomic E-state index is 0.0176. The molecule has 1 aliphatic carbocycles. The maximum atomic E-state index is 12.2. The molecule has 0 radical (unpaired) electrons. The van der Waals surface area contributed by atoms with Crippen molar-refractivity contribution in [2.75, 3.05) is 0 Å². The molecule has 0 unspecified atom stereocenters. The number of hydrogen-bond acceptors (Lipinski definition) is 4. The molecule has 1 aromatic carbocycles. The quantitative estimate of drug-likeness (QED) is 0.342. The van der Waals surface area contributed by atoms with Crippen LogP contribution >= 0.6 is 0 Å². The number of para-hydroxylation sites is 1. The fraction of sp³-hybridized carbons (Fsp3) is 0.267. The Bertz CT molecular complexity index is 717. The highest BCUT2D eigenvalue weighted by Gasteiger charge is 2.54. The van der Waals surface area contributed by atoms with Crippen molar-refractivity contribution in [2.24, 2.45) is 16.3 Å². The highest BCUT2D eigenvalue weighted by molar-refractivity contribution is 6.09. The summed E-state index contributed by atoms with van der Waals surface area (Å²) in [6, 6.07) is 9.70. The number of nitrogens with zero attached hydrogens (tertiary/aromatic N) is 2. The lowest BCUT2D eigenvalue weighted by atomic mass is 10.0. The lowest BCUT2D eigenvalue weighted by Gasteiger charge is -2.14. The average molecular weight is 284 g/mol. The van der Waals surface area contributed by atoms with Gasteiger partial charge in [-0.05, 0) is 24.5 Å². The van der Waals surface area contributed by atoms with Gasteiger partial charge in [0.05, 0.1) is 5.52 Å². The normalized spacial score (nSPS) is 16.7. The number of oxime groups is 1. The van der Waals surface area contributed by atoms with Crippen LogP contribution in [0.1, 0.15) is 18.4 Å². The molecule has 6 nitrogen and oxygen atoms in total. The smallest absolute Gasteiger partial charge is 0.234 e. The summed E-state index contributed by atoms with van der Waals surface area (Å²) in [5.74, 6) is -0.221. The van der Waals surface area contributed by atoms with Crippen LogP contribution in [0.2, 0.25) is 0 Å². The van der Waals surface area contributed by atoms with Crippen molar-refractivity contribution in [1.29, 1.82) is 0 Å². The third-order valence-corrected chi connectivity index (χ3v) is 3.94. The molecule has 0 atom stereocenters. The molecule has 1 saturated carbocycles. The van der Waals surface area contributed by atoms with E-state index >= 15 is 0 Å². The third-order valence-electron chi connectivity index (χ3n) is 3.94. The van der Waals surface area contributed by atoms with E-state index in [1.807, 2.05) is 30.3 Å². The molecule has 0 bridgehead atoms. The monoisotopic (exact) mass is 284 g/mol. The molecule has 1 fully saturated rings. The number of carbonyl (C=O) groups is 1. The number of nitrogens with one attached hydrogen (secondary N) is 1. The van der Waals surface area contributed by atoms with Crippen LogP contribution in [0.3, 0.4) is 0 Å². The molecule has 1 amide bonds. The van der Waals surface area contributed by atoms with E-state index < -0.39 is 5.41 Å². The van der Waals surface area contributed by atoms with Gasteiger partial charge in [0.1, 0.15) is 5.41 Å². The molecule has 6 heteroatoms. The van der Waals surface area contributed by atoms with Crippen molar-refractivity contribution in [3.05, 3.63) is 42.1 Å². The summed E-state index contributed by atoms with van der Waals surface area (Å²) in [5.41, 5.74) is 6.58. The van der Waals surface area contributed by atoms with Gasteiger partial charge in [-0.25, -0.2) is 0 Å². The third kappa shape index (κ3) is 2.29. The van der Waals surface area contributed by atoms with Gasteiger partial charge in [0, 0.05) is 18.1 Å². The van der Waals surface area contributed by atoms with Gasteiger partial charge in [-0.2, -0.15) is 0 Å². The van der Waals surface area contributed by atoms with E-state index in [2.05, 4.69) is 15.5 Å². The maximum Gasteiger partial charge on any atom is 0.234 e. The van der Waals surface area contributed by atoms with Crippen LogP contribution in [0.4, 0.5) is 0 Å². The van der Waals surface area contributed by atoms with Crippen LogP contribution in [0, 0.1) is 5.41 Å². The van der Waals surface area contributed by atoms with E-state index in [1.54, 1.807) is 6.20 Å². The fourth-order valence-electron chi connectivity index (χ4n) is 2.47. The number of carbonyl (C=O) groups excluding carboxylic acids is 1.